The minimum Gasteiger partial charge on any atom is -0.269 e. The molecule has 0 aliphatic carbocycles. The van der Waals surface area contributed by atoms with Crippen LogP contribution in [0.1, 0.15) is 13.3 Å². The highest BCUT2D eigenvalue weighted by Gasteiger charge is 2.08. The fourth-order valence-electron chi connectivity index (χ4n) is 0.154. The van der Waals surface area contributed by atoms with Gasteiger partial charge in [0.15, 0.2) is 0 Å². The Kier molecular flexibility index (Phi) is 2.83. The van der Waals surface area contributed by atoms with Crippen molar-refractivity contribution >= 4 is 9.46 Å². The number of allylic oxidation sites excluding steroid dienone is 1. The molecule has 0 saturated heterocycles. The molecule has 0 bridgehead atoms. The van der Waals surface area contributed by atoms with E-state index < -0.39 is 9.46 Å². The maximum Gasteiger partial charge on any atom is 0.437 e. The van der Waals surface area contributed by atoms with Crippen molar-refractivity contribution in [3.8, 4) is 0 Å². The van der Waals surface area contributed by atoms with Crippen LogP contribution in [-0.2, 0) is 0 Å². The first-order valence-corrected chi connectivity index (χ1v) is 3.59. The van der Waals surface area contributed by atoms with E-state index in [0.29, 0.717) is 6.42 Å². The Morgan fingerprint density at radius 2 is 2.14 bits per heavy atom. The molecule has 0 radical (unpaired) electrons. The molecule has 3 heteroatoms. The molecule has 42 valence electrons. The standard InChI is InChI=1S/C4H8F2Si/c1-3-4(2)7(5)6/h7H,2-3H2,1H3. The zero-order chi connectivity index (χ0) is 5.86. The first-order valence-electron chi connectivity index (χ1n) is 2.14. The van der Waals surface area contributed by atoms with Crippen LogP contribution in [0.4, 0.5) is 8.22 Å². The van der Waals surface area contributed by atoms with E-state index in [-0.39, 0.29) is 5.20 Å². The van der Waals surface area contributed by atoms with E-state index in [2.05, 4.69) is 6.58 Å². The van der Waals surface area contributed by atoms with Gasteiger partial charge in [0.1, 0.15) is 0 Å². The van der Waals surface area contributed by atoms with E-state index in [1.165, 1.54) is 0 Å². The third kappa shape index (κ3) is 2.50. The summed E-state index contributed by atoms with van der Waals surface area (Å²) in [7, 11) is -3.46. The van der Waals surface area contributed by atoms with Crippen molar-refractivity contribution in [2.45, 2.75) is 13.3 Å². The number of halogens is 2. The van der Waals surface area contributed by atoms with Crippen LogP contribution in [0.3, 0.4) is 0 Å². The zero-order valence-corrected chi connectivity index (χ0v) is 5.40. The van der Waals surface area contributed by atoms with Crippen molar-refractivity contribution in [1.29, 1.82) is 0 Å². The van der Waals surface area contributed by atoms with Crippen LogP contribution in [0.2, 0.25) is 0 Å². The van der Waals surface area contributed by atoms with Gasteiger partial charge in [-0.3, -0.25) is 8.22 Å². The maximum atomic E-state index is 11.5. The summed E-state index contributed by atoms with van der Waals surface area (Å²) in [5.41, 5.74) is 0. The smallest absolute Gasteiger partial charge is 0.269 e. The van der Waals surface area contributed by atoms with E-state index in [1.807, 2.05) is 0 Å². The molecular weight excluding hydrogens is 114 g/mol. The lowest BCUT2D eigenvalue weighted by Crippen LogP contribution is -1.98. The monoisotopic (exact) mass is 122 g/mol. The minimum atomic E-state index is -3.46. The summed E-state index contributed by atoms with van der Waals surface area (Å²) in [4.78, 5) is 0. The predicted octanol–water partition coefficient (Wildman–Crippen LogP) is 1.65. The summed E-state index contributed by atoms with van der Waals surface area (Å²) in [6.07, 6.45) is 0.434. The summed E-state index contributed by atoms with van der Waals surface area (Å²) < 4.78 is 22.9. The Morgan fingerprint density at radius 1 is 1.71 bits per heavy atom. The van der Waals surface area contributed by atoms with Crippen molar-refractivity contribution < 1.29 is 8.22 Å². The Balaban J connectivity index is 3.35. The van der Waals surface area contributed by atoms with E-state index >= 15 is 0 Å². The first-order chi connectivity index (χ1) is 3.18. The van der Waals surface area contributed by atoms with Crippen molar-refractivity contribution in [3.63, 3.8) is 0 Å². The Morgan fingerprint density at radius 3 is 2.14 bits per heavy atom. The van der Waals surface area contributed by atoms with E-state index in [1.54, 1.807) is 6.92 Å². The topological polar surface area (TPSA) is 0 Å². The number of rotatable bonds is 2. The van der Waals surface area contributed by atoms with Crippen LogP contribution in [0, 0.1) is 0 Å². The quantitative estimate of drug-likeness (QED) is 0.386. The molecule has 0 nitrogen and oxygen atoms in total. The largest absolute Gasteiger partial charge is 0.437 e. The highest BCUT2D eigenvalue weighted by atomic mass is 28.4. The molecule has 0 aliphatic heterocycles. The van der Waals surface area contributed by atoms with Crippen molar-refractivity contribution in [2.24, 2.45) is 0 Å². The molecule has 0 atom stereocenters. The van der Waals surface area contributed by atoms with E-state index in [4.69, 9.17) is 0 Å². The molecule has 0 saturated carbocycles. The van der Waals surface area contributed by atoms with Gasteiger partial charge in [0, 0.05) is 0 Å². The van der Waals surface area contributed by atoms with Gasteiger partial charge in [-0.25, -0.2) is 0 Å². The fraction of sp³-hybridized carbons (Fsp3) is 0.500. The zero-order valence-electron chi connectivity index (χ0n) is 4.25. The molecule has 0 unspecified atom stereocenters. The van der Waals surface area contributed by atoms with Gasteiger partial charge in [-0.1, -0.05) is 13.5 Å². The summed E-state index contributed by atoms with van der Waals surface area (Å²) in [5, 5.41) is 0.153. The molecule has 0 aliphatic rings. The van der Waals surface area contributed by atoms with Gasteiger partial charge in [-0.2, -0.15) is 0 Å². The summed E-state index contributed by atoms with van der Waals surface area (Å²) >= 11 is 0. The van der Waals surface area contributed by atoms with Gasteiger partial charge >= 0.3 is 9.46 Å². The lowest BCUT2D eigenvalue weighted by molar-refractivity contribution is 0.670. The molecular formula is C4H8F2Si. The van der Waals surface area contributed by atoms with Crippen LogP contribution in [0.15, 0.2) is 11.8 Å². The number of hydrogen-bond donors (Lipinski definition) is 0. The highest BCUT2D eigenvalue weighted by molar-refractivity contribution is 6.51. The molecule has 0 aromatic heterocycles. The Labute approximate surface area is 43.8 Å². The van der Waals surface area contributed by atoms with Crippen LogP contribution in [0.25, 0.3) is 0 Å². The maximum absolute atomic E-state index is 11.5. The van der Waals surface area contributed by atoms with Gasteiger partial charge in [-0.15, -0.1) is 0 Å². The lowest BCUT2D eigenvalue weighted by Gasteiger charge is -1.92. The average molecular weight is 122 g/mol. The second kappa shape index (κ2) is 2.90. The fourth-order valence-corrected chi connectivity index (χ4v) is 0.463. The van der Waals surface area contributed by atoms with Crippen molar-refractivity contribution in [1.82, 2.24) is 0 Å². The molecule has 0 N–H and O–H groups in total. The predicted molar refractivity (Wildman–Crippen MR) is 28.8 cm³/mol. The van der Waals surface area contributed by atoms with Crippen LogP contribution in [-0.4, -0.2) is 9.46 Å². The van der Waals surface area contributed by atoms with Gasteiger partial charge in [0.2, 0.25) is 0 Å². The molecule has 0 heterocycles. The van der Waals surface area contributed by atoms with Gasteiger partial charge in [-0.05, 0) is 11.6 Å². The highest BCUT2D eigenvalue weighted by Crippen LogP contribution is 2.03. The normalized spacial score (nSPS) is 9.71. The second-order valence-corrected chi connectivity index (χ2v) is 2.73. The van der Waals surface area contributed by atoms with Crippen LogP contribution < -0.4 is 0 Å². The molecule has 0 rings (SSSR count). The third-order valence-electron chi connectivity index (χ3n) is 0.763. The molecule has 0 aromatic rings. The van der Waals surface area contributed by atoms with Crippen molar-refractivity contribution in [2.75, 3.05) is 0 Å². The molecule has 0 fully saturated rings. The SMILES string of the molecule is C=C(CC)[SiH](F)F. The molecule has 0 amide bonds. The second-order valence-electron chi connectivity index (χ2n) is 1.31. The minimum absolute atomic E-state index is 0.153. The Bertz CT molecular complexity index is 70.1. The molecule has 0 aromatic carbocycles. The summed E-state index contributed by atoms with van der Waals surface area (Å²) in [6, 6.07) is 0. The molecule has 0 spiro atoms. The first kappa shape index (κ1) is 6.82. The van der Waals surface area contributed by atoms with Gasteiger partial charge in [0.05, 0.1) is 0 Å². The van der Waals surface area contributed by atoms with Crippen LogP contribution in [0.5, 0.6) is 0 Å². The van der Waals surface area contributed by atoms with Gasteiger partial charge < -0.3 is 0 Å². The molecule has 7 heavy (non-hydrogen) atoms. The van der Waals surface area contributed by atoms with Crippen molar-refractivity contribution in [3.05, 3.63) is 11.8 Å². The van der Waals surface area contributed by atoms with Gasteiger partial charge in [0.25, 0.3) is 0 Å². The lowest BCUT2D eigenvalue weighted by atomic mass is 10.5. The summed E-state index contributed by atoms with van der Waals surface area (Å²) in [5.74, 6) is 0. The third-order valence-corrected chi connectivity index (χ3v) is 1.79. The van der Waals surface area contributed by atoms with E-state index in [9.17, 15) is 8.22 Å². The number of hydrogen-bond acceptors (Lipinski definition) is 0. The Hall–Kier alpha value is -0.183. The van der Waals surface area contributed by atoms with E-state index in [0.717, 1.165) is 0 Å². The van der Waals surface area contributed by atoms with Crippen LogP contribution >= 0.6 is 0 Å². The average Bonchev–Trinajstić information content (AvgIpc) is 1.65. The summed E-state index contributed by atoms with van der Waals surface area (Å²) in [6.45, 7) is 4.88.